The predicted octanol–water partition coefficient (Wildman–Crippen LogP) is 1.95. The van der Waals surface area contributed by atoms with Gasteiger partial charge in [-0.05, 0) is 30.7 Å². The van der Waals surface area contributed by atoms with Crippen LogP contribution in [0.2, 0.25) is 0 Å². The lowest BCUT2D eigenvalue weighted by Gasteiger charge is -2.36. The van der Waals surface area contributed by atoms with E-state index in [2.05, 4.69) is 0 Å². The molecule has 2 rings (SSSR count). The van der Waals surface area contributed by atoms with Crippen molar-refractivity contribution < 1.29 is 19.4 Å². The minimum atomic E-state index is -0.818. The lowest BCUT2D eigenvalue weighted by atomic mass is 10.1. The number of hydrogen-bond acceptors (Lipinski definition) is 4. The molecule has 0 aromatic heterocycles. The molecule has 1 saturated heterocycles. The average Bonchev–Trinajstić information content (AvgIpc) is 2.23. The summed E-state index contributed by atoms with van der Waals surface area (Å²) in [4.78, 5) is 12.1. The highest BCUT2D eigenvalue weighted by molar-refractivity contribution is 8.01. The number of rotatable bonds is 4. The number of carboxylic acids is 1. The number of ether oxygens (including phenoxy) is 2. The molecule has 1 heterocycles. The summed E-state index contributed by atoms with van der Waals surface area (Å²) in [5, 5.41) is 9.19. The fraction of sp³-hybridized carbons (Fsp3) is 0.417. The van der Waals surface area contributed by atoms with Crippen LogP contribution in [0.1, 0.15) is 5.56 Å². The molecule has 0 radical (unpaired) electrons. The number of methoxy groups -OCH3 is 1. The molecule has 5 heteroatoms. The summed E-state index contributed by atoms with van der Waals surface area (Å²) in [7, 11) is 1.62. The quantitative estimate of drug-likeness (QED) is 0.890. The van der Waals surface area contributed by atoms with E-state index in [-0.39, 0.29) is 13.2 Å². The van der Waals surface area contributed by atoms with Gasteiger partial charge in [0.15, 0.2) is 4.75 Å². The molecule has 1 aromatic rings. The minimum Gasteiger partial charge on any atom is -0.496 e. The van der Waals surface area contributed by atoms with Crippen LogP contribution in [0.4, 0.5) is 0 Å². The molecule has 0 atom stereocenters. The van der Waals surface area contributed by atoms with E-state index in [1.54, 1.807) is 7.11 Å². The summed E-state index contributed by atoms with van der Waals surface area (Å²) < 4.78 is 9.37. The van der Waals surface area contributed by atoms with Gasteiger partial charge in [0.05, 0.1) is 20.3 Å². The standard InChI is InChI=1S/C12H14O4S/c1-8-5-9(3-4-10(8)15-2)17-12(11(13)14)6-16-7-12/h3-5H,6-7H2,1-2H3,(H,13,14). The normalized spacial score (nSPS) is 17.3. The van der Waals surface area contributed by atoms with Crippen molar-refractivity contribution in [1.29, 1.82) is 0 Å². The zero-order valence-electron chi connectivity index (χ0n) is 9.73. The maximum atomic E-state index is 11.2. The van der Waals surface area contributed by atoms with Gasteiger partial charge in [0.2, 0.25) is 0 Å². The Morgan fingerprint density at radius 3 is 2.65 bits per heavy atom. The van der Waals surface area contributed by atoms with E-state index in [9.17, 15) is 9.90 Å². The molecule has 0 aliphatic carbocycles. The van der Waals surface area contributed by atoms with E-state index in [0.717, 1.165) is 16.2 Å². The van der Waals surface area contributed by atoms with Crippen molar-refractivity contribution in [1.82, 2.24) is 0 Å². The van der Waals surface area contributed by atoms with Gasteiger partial charge in [-0.15, -0.1) is 11.8 Å². The summed E-state index contributed by atoms with van der Waals surface area (Å²) >= 11 is 1.34. The molecule has 0 spiro atoms. The molecular formula is C12H14O4S. The molecule has 4 nitrogen and oxygen atoms in total. The van der Waals surface area contributed by atoms with Crippen LogP contribution in [0.25, 0.3) is 0 Å². The molecule has 92 valence electrons. The van der Waals surface area contributed by atoms with Gasteiger partial charge in [0, 0.05) is 4.90 Å². The van der Waals surface area contributed by atoms with Crippen molar-refractivity contribution in [2.45, 2.75) is 16.6 Å². The smallest absolute Gasteiger partial charge is 0.324 e. The molecule has 0 bridgehead atoms. The van der Waals surface area contributed by atoms with Crippen LogP contribution >= 0.6 is 11.8 Å². The zero-order valence-corrected chi connectivity index (χ0v) is 10.5. The second-order valence-corrected chi connectivity index (χ2v) is 5.48. The van der Waals surface area contributed by atoms with Crippen LogP contribution in [0, 0.1) is 6.92 Å². The van der Waals surface area contributed by atoms with Crippen LogP contribution in [-0.2, 0) is 9.53 Å². The molecule has 1 aliphatic rings. The third kappa shape index (κ3) is 2.25. The van der Waals surface area contributed by atoms with Crippen molar-refractivity contribution in [3.8, 4) is 5.75 Å². The van der Waals surface area contributed by atoms with E-state index < -0.39 is 10.7 Å². The molecule has 1 N–H and O–H groups in total. The highest BCUT2D eigenvalue weighted by atomic mass is 32.2. The maximum Gasteiger partial charge on any atom is 0.324 e. The first-order chi connectivity index (χ1) is 8.07. The molecule has 1 fully saturated rings. The van der Waals surface area contributed by atoms with Crippen LogP contribution in [0.15, 0.2) is 23.1 Å². The largest absolute Gasteiger partial charge is 0.496 e. The number of aryl methyl sites for hydroxylation is 1. The Morgan fingerprint density at radius 2 is 2.24 bits per heavy atom. The summed E-state index contributed by atoms with van der Waals surface area (Å²) in [6.07, 6.45) is 0. The van der Waals surface area contributed by atoms with Gasteiger partial charge < -0.3 is 14.6 Å². The van der Waals surface area contributed by atoms with E-state index in [0.29, 0.717) is 0 Å². The summed E-state index contributed by atoms with van der Waals surface area (Å²) in [5.74, 6) is -0.00851. The summed E-state index contributed by atoms with van der Waals surface area (Å²) in [6, 6.07) is 5.67. The summed E-state index contributed by atoms with van der Waals surface area (Å²) in [5.41, 5.74) is 0.998. The Kier molecular flexibility index (Phi) is 3.31. The Balaban J connectivity index is 2.18. The Morgan fingerprint density at radius 1 is 1.53 bits per heavy atom. The molecular weight excluding hydrogens is 240 g/mol. The molecule has 17 heavy (non-hydrogen) atoms. The topological polar surface area (TPSA) is 55.8 Å². The molecule has 0 saturated carbocycles. The van der Waals surface area contributed by atoms with Crippen LogP contribution in [0.5, 0.6) is 5.75 Å². The highest BCUT2D eigenvalue weighted by Crippen LogP contribution is 2.40. The highest BCUT2D eigenvalue weighted by Gasteiger charge is 2.47. The van der Waals surface area contributed by atoms with Crippen molar-refractivity contribution in [3.63, 3.8) is 0 Å². The number of thioether (sulfide) groups is 1. The van der Waals surface area contributed by atoms with Gasteiger partial charge in [0.1, 0.15) is 5.75 Å². The van der Waals surface area contributed by atoms with Crippen molar-refractivity contribution in [2.24, 2.45) is 0 Å². The number of benzene rings is 1. The van der Waals surface area contributed by atoms with E-state index >= 15 is 0 Å². The van der Waals surface area contributed by atoms with Gasteiger partial charge >= 0.3 is 5.97 Å². The van der Waals surface area contributed by atoms with Crippen molar-refractivity contribution >= 4 is 17.7 Å². The number of carboxylic acid groups (broad SMARTS) is 1. The zero-order chi connectivity index (χ0) is 12.5. The Bertz CT molecular complexity index is 440. The van der Waals surface area contributed by atoms with Gasteiger partial charge in [0.25, 0.3) is 0 Å². The lowest BCUT2D eigenvalue weighted by Crippen LogP contribution is -2.53. The first kappa shape index (κ1) is 12.3. The van der Waals surface area contributed by atoms with Crippen LogP contribution in [0.3, 0.4) is 0 Å². The number of hydrogen-bond donors (Lipinski definition) is 1. The second-order valence-electron chi connectivity index (χ2n) is 4.03. The van der Waals surface area contributed by atoms with Gasteiger partial charge in [-0.25, -0.2) is 0 Å². The third-order valence-corrected chi connectivity index (χ3v) is 4.03. The van der Waals surface area contributed by atoms with E-state index in [4.69, 9.17) is 9.47 Å². The minimum absolute atomic E-state index is 0.262. The van der Waals surface area contributed by atoms with E-state index in [1.165, 1.54) is 11.8 Å². The monoisotopic (exact) mass is 254 g/mol. The summed E-state index contributed by atoms with van der Waals surface area (Å²) in [6.45, 7) is 2.46. The molecule has 0 amide bonds. The van der Waals surface area contributed by atoms with Gasteiger partial charge in [-0.3, -0.25) is 4.79 Å². The molecule has 1 aromatic carbocycles. The first-order valence-electron chi connectivity index (χ1n) is 5.22. The van der Waals surface area contributed by atoms with Gasteiger partial charge in [-0.1, -0.05) is 0 Å². The fourth-order valence-electron chi connectivity index (χ4n) is 1.65. The van der Waals surface area contributed by atoms with Crippen LogP contribution < -0.4 is 4.74 Å². The molecule has 0 unspecified atom stereocenters. The van der Waals surface area contributed by atoms with Crippen LogP contribution in [-0.4, -0.2) is 36.1 Å². The number of aliphatic carboxylic acids is 1. The van der Waals surface area contributed by atoms with E-state index in [1.807, 2.05) is 25.1 Å². The predicted molar refractivity (Wildman–Crippen MR) is 64.8 cm³/mol. The fourth-order valence-corrected chi connectivity index (χ4v) is 2.85. The maximum absolute atomic E-state index is 11.2. The number of carbonyl (C=O) groups is 1. The molecule has 1 aliphatic heterocycles. The van der Waals surface area contributed by atoms with Crippen molar-refractivity contribution in [3.05, 3.63) is 23.8 Å². The average molecular weight is 254 g/mol. The first-order valence-corrected chi connectivity index (χ1v) is 6.04. The van der Waals surface area contributed by atoms with Gasteiger partial charge in [-0.2, -0.15) is 0 Å². The lowest BCUT2D eigenvalue weighted by molar-refractivity contribution is -0.151. The Hall–Kier alpha value is -1.20. The third-order valence-electron chi connectivity index (χ3n) is 2.74. The Labute approximate surface area is 104 Å². The second kappa shape index (κ2) is 4.58. The SMILES string of the molecule is COc1ccc(SC2(C(=O)O)COC2)cc1C. The van der Waals surface area contributed by atoms with Crippen molar-refractivity contribution in [2.75, 3.05) is 20.3 Å².